The third kappa shape index (κ3) is 7.13. The van der Waals surface area contributed by atoms with Gasteiger partial charge < -0.3 is 4.74 Å². The standard InChI is InChI=1S/C11H24O2Si/c1-5-7-8-9-14(3,4)10-11(12)13-6-2/h5-10H2,1-4H3. The first-order valence-electron chi connectivity index (χ1n) is 5.67. The van der Waals surface area contributed by atoms with Crippen molar-refractivity contribution < 1.29 is 9.53 Å². The quantitative estimate of drug-likeness (QED) is 0.370. The predicted molar refractivity (Wildman–Crippen MR) is 63.3 cm³/mol. The summed E-state index contributed by atoms with van der Waals surface area (Å²) in [5.41, 5.74) is 0. The molecule has 0 aliphatic carbocycles. The predicted octanol–water partition coefficient (Wildman–Crippen LogP) is 3.45. The molecule has 0 aromatic rings. The molecule has 0 unspecified atom stereocenters. The van der Waals surface area contributed by atoms with Crippen LogP contribution in [0, 0.1) is 0 Å². The van der Waals surface area contributed by atoms with Crippen molar-refractivity contribution in [2.24, 2.45) is 0 Å². The number of hydrogen-bond acceptors (Lipinski definition) is 2. The van der Waals surface area contributed by atoms with E-state index in [1.165, 1.54) is 25.3 Å². The van der Waals surface area contributed by atoms with E-state index >= 15 is 0 Å². The molecule has 0 heterocycles. The summed E-state index contributed by atoms with van der Waals surface area (Å²) in [6, 6.07) is 1.93. The molecule has 0 radical (unpaired) electrons. The third-order valence-electron chi connectivity index (χ3n) is 2.39. The maximum atomic E-state index is 11.3. The van der Waals surface area contributed by atoms with Crippen LogP contribution in [-0.2, 0) is 9.53 Å². The Bertz CT molecular complexity index is 167. The number of carbonyl (C=O) groups is 1. The van der Waals surface area contributed by atoms with E-state index in [9.17, 15) is 4.79 Å². The fourth-order valence-corrected chi connectivity index (χ4v) is 3.81. The Morgan fingerprint density at radius 2 is 1.86 bits per heavy atom. The summed E-state index contributed by atoms with van der Waals surface area (Å²) >= 11 is 0. The lowest BCUT2D eigenvalue weighted by Gasteiger charge is -2.20. The van der Waals surface area contributed by atoms with Crippen molar-refractivity contribution in [3.63, 3.8) is 0 Å². The summed E-state index contributed by atoms with van der Waals surface area (Å²) in [5, 5.41) is 0. The van der Waals surface area contributed by atoms with E-state index in [2.05, 4.69) is 20.0 Å². The monoisotopic (exact) mass is 216 g/mol. The molecule has 0 saturated carbocycles. The van der Waals surface area contributed by atoms with E-state index in [0.29, 0.717) is 12.7 Å². The molecule has 0 spiro atoms. The van der Waals surface area contributed by atoms with Gasteiger partial charge in [-0.1, -0.05) is 45.3 Å². The highest BCUT2D eigenvalue weighted by molar-refractivity contribution is 6.79. The molecular formula is C11H24O2Si. The van der Waals surface area contributed by atoms with Crippen molar-refractivity contribution >= 4 is 14.0 Å². The molecule has 14 heavy (non-hydrogen) atoms. The van der Waals surface area contributed by atoms with Gasteiger partial charge >= 0.3 is 5.97 Å². The van der Waals surface area contributed by atoms with Gasteiger partial charge in [-0.25, -0.2) is 0 Å². The summed E-state index contributed by atoms with van der Waals surface area (Å²) in [6.07, 6.45) is 3.82. The van der Waals surface area contributed by atoms with Crippen LogP contribution in [0.1, 0.15) is 33.1 Å². The molecule has 0 aromatic carbocycles. The summed E-state index contributed by atoms with van der Waals surface area (Å²) in [6.45, 7) is 9.14. The van der Waals surface area contributed by atoms with Gasteiger partial charge in [0.05, 0.1) is 14.7 Å². The average Bonchev–Trinajstić information content (AvgIpc) is 2.03. The van der Waals surface area contributed by atoms with Crippen LogP contribution in [0.15, 0.2) is 0 Å². The van der Waals surface area contributed by atoms with Crippen LogP contribution < -0.4 is 0 Å². The van der Waals surface area contributed by atoms with Gasteiger partial charge in [-0.3, -0.25) is 4.79 Å². The van der Waals surface area contributed by atoms with E-state index in [0.717, 1.165) is 0 Å². The van der Waals surface area contributed by atoms with Crippen LogP contribution in [0.25, 0.3) is 0 Å². The highest BCUT2D eigenvalue weighted by Gasteiger charge is 2.24. The molecule has 0 bridgehead atoms. The minimum absolute atomic E-state index is 0.000616. The summed E-state index contributed by atoms with van der Waals surface area (Å²) in [7, 11) is -1.32. The number of rotatable bonds is 7. The lowest BCUT2D eigenvalue weighted by molar-refractivity contribution is -0.140. The molecule has 3 heteroatoms. The van der Waals surface area contributed by atoms with Crippen LogP contribution in [0.4, 0.5) is 0 Å². The van der Waals surface area contributed by atoms with Crippen molar-refractivity contribution in [1.82, 2.24) is 0 Å². The lowest BCUT2D eigenvalue weighted by atomic mass is 10.3. The van der Waals surface area contributed by atoms with E-state index in [4.69, 9.17) is 4.74 Å². The Balaban J connectivity index is 3.75. The molecule has 0 aliphatic rings. The first-order valence-corrected chi connectivity index (χ1v) is 9.09. The molecule has 2 nitrogen and oxygen atoms in total. The van der Waals surface area contributed by atoms with Gasteiger partial charge in [-0.15, -0.1) is 0 Å². The normalized spacial score (nSPS) is 11.4. The van der Waals surface area contributed by atoms with Crippen LogP contribution in [0.5, 0.6) is 0 Å². The van der Waals surface area contributed by atoms with Crippen LogP contribution in [-0.4, -0.2) is 20.7 Å². The van der Waals surface area contributed by atoms with Crippen LogP contribution in [0.3, 0.4) is 0 Å². The Kier molecular flexibility index (Phi) is 6.88. The number of esters is 1. The largest absolute Gasteiger partial charge is 0.466 e. The van der Waals surface area contributed by atoms with Gasteiger partial charge in [-0.05, 0) is 6.92 Å². The van der Waals surface area contributed by atoms with Crippen molar-refractivity contribution in [1.29, 1.82) is 0 Å². The smallest absolute Gasteiger partial charge is 0.303 e. The zero-order valence-corrected chi connectivity index (χ0v) is 11.1. The zero-order valence-electron chi connectivity index (χ0n) is 10.1. The molecule has 0 N–H and O–H groups in total. The molecule has 0 atom stereocenters. The second-order valence-electron chi connectivity index (χ2n) is 4.60. The van der Waals surface area contributed by atoms with Gasteiger partial charge in [-0.2, -0.15) is 0 Å². The first kappa shape index (κ1) is 13.7. The Hall–Kier alpha value is -0.313. The molecule has 0 amide bonds. The minimum Gasteiger partial charge on any atom is -0.466 e. The van der Waals surface area contributed by atoms with Gasteiger partial charge in [0.25, 0.3) is 0 Å². The second kappa shape index (κ2) is 7.04. The van der Waals surface area contributed by atoms with Gasteiger partial charge in [0.15, 0.2) is 0 Å². The number of unbranched alkanes of at least 4 members (excludes halogenated alkanes) is 2. The van der Waals surface area contributed by atoms with Crippen LogP contribution >= 0.6 is 0 Å². The van der Waals surface area contributed by atoms with E-state index in [1.54, 1.807) is 0 Å². The number of hydrogen-bond donors (Lipinski definition) is 0. The van der Waals surface area contributed by atoms with Gasteiger partial charge in [0.1, 0.15) is 0 Å². The maximum Gasteiger partial charge on any atom is 0.303 e. The summed E-state index contributed by atoms with van der Waals surface area (Å²) in [5.74, 6) is 0.000616. The van der Waals surface area contributed by atoms with Crippen molar-refractivity contribution in [3.05, 3.63) is 0 Å². The highest BCUT2D eigenvalue weighted by atomic mass is 28.3. The Morgan fingerprint density at radius 1 is 1.21 bits per heavy atom. The molecule has 84 valence electrons. The number of ether oxygens (including phenoxy) is 1. The molecule has 0 rings (SSSR count). The fourth-order valence-electron chi connectivity index (χ4n) is 1.54. The molecule has 0 aliphatic heterocycles. The minimum atomic E-state index is -1.32. The zero-order chi connectivity index (χ0) is 11.0. The summed E-state index contributed by atoms with van der Waals surface area (Å²) in [4.78, 5) is 11.3. The molecule has 0 saturated heterocycles. The summed E-state index contributed by atoms with van der Waals surface area (Å²) < 4.78 is 4.98. The van der Waals surface area contributed by atoms with Crippen molar-refractivity contribution in [3.8, 4) is 0 Å². The third-order valence-corrected chi connectivity index (χ3v) is 5.34. The van der Waals surface area contributed by atoms with Crippen LogP contribution in [0.2, 0.25) is 25.2 Å². The fraction of sp³-hybridized carbons (Fsp3) is 0.909. The topological polar surface area (TPSA) is 26.3 Å². The van der Waals surface area contributed by atoms with Gasteiger partial charge in [0, 0.05) is 6.04 Å². The average molecular weight is 216 g/mol. The van der Waals surface area contributed by atoms with Gasteiger partial charge in [0.2, 0.25) is 0 Å². The second-order valence-corrected chi connectivity index (χ2v) is 9.79. The number of carbonyl (C=O) groups excluding carboxylic acids is 1. The van der Waals surface area contributed by atoms with Crippen molar-refractivity contribution in [2.75, 3.05) is 6.61 Å². The van der Waals surface area contributed by atoms with E-state index < -0.39 is 8.07 Å². The maximum absolute atomic E-state index is 11.3. The Morgan fingerprint density at radius 3 is 2.36 bits per heavy atom. The molecule has 0 aromatic heterocycles. The highest BCUT2D eigenvalue weighted by Crippen LogP contribution is 2.19. The molecular weight excluding hydrogens is 192 g/mol. The van der Waals surface area contributed by atoms with E-state index in [-0.39, 0.29) is 5.97 Å². The molecule has 0 fully saturated rings. The SMILES string of the molecule is CCCCC[Si](C)(C)CC(=O)OCC. The first-order chi connectivity index (χ1) is 6.52. The lowest BCUT2D eigenvalue weighted by Crippen LogP contribution is -2.29. The Labute approximate surface area is 89.0 Å². The van der Waals surface area contributed by atoms with E-state index in [1.807, 2.05) is 6.92 Å². The van der Waals surface area contributed by atoms with Crippen molar-refractivity contribution in [2.45, 2.75) is 58.3 Å².